The van der Waals surface area contributed by atoms with Gasteiger partial charge in [-0.05, 0) is 25.0 Å². The van der Waals surface area contributed by atoms with Crippen molar-refractivity contribution in [3.63, 3.8) is 0 Å². The molecular formula is C28H30O4. The van der Waals surface area contributed by atoms with Crippen LogP contribution >= 0.6 is 0 Å². The Bertz CT molecular complexity index is 988. The minimum Gasteiger partial charge on any atom is -0.478 e. The minimum atomic E-state index is -1.15. The average molecular weight is 431 g/mol. The first-order valence-corrected chi connectivity index (χ1v) is 11.2. The Morgan fingerprint density at radius 2 is 1.31 bits per heavy atom. The summed E-state index contributed by atoms with van der Waals surface area (Å²) in [5.74, 6) is -1.76. The second-order valence-corrected chi connectivity index (χ2v) is 7.96. The molecule has 0 amide bonds. The van der Waals surface area contributed by atoms with E-state index in [0.717, 1.165) is 36.8 Å². The maximum absolute atomic E-state index is 13.5. The van der Waals surface area contributed by atoms with Crippen molar-refractivity contribution in [2.45, 2.75) is 45.1 Å². The number of esters is 1. The third-order valence-electron chi connectivity index (χ3n) is 6.01. The molecule has 0 aliphatic heterocycles. The molecule has 0 aliphatic rings. The lowest BCUT2D eigenvalue weighted by Gasteiger charge is -2.41. The van der Waals surface area contributed by atoms with E-state index >= 15 is 0 Å². The smallest absolute Gasteiger partial charge is 0.340 e. The summed E-state index contributed by atoms with van der Waals surface area (Å²) < 4.78 is 6.43. The lowest BCUT2D eigenvalue weighted by atomic mass is 9.72. The quantitative estimate of drug-likeness (QED) is 0.363. The molecule has 1 atom stereocenters. The van der Waals surface area contributed by atoms with Crippen LogP contribution in [0.25, 0.3) is 0 Å². The molecule has 3 aromatic rings. The van der Waals surface area contributed by atoms with E-state index in [1.165, 1.54) is 12.1 Å². The van der Waals surface area contributed by atoms with E-state index in [2.05, 4.69) is 13.8 Å². The molecule has 0 saturated heterocycles. The fraction of sp³-hybridized carbons (Fsp3) is 0.286. The van der Waals surface area contributed by atoms with E-state index in [4.69, 9.17) is 4.74 Å². The van der Waals surface area contributed by atoms with E-state index in [-0.39, 0.29) is 17.0 Å². The molecule has 4 heteroatoms. The van der Waals surface area contributed by atoms with Gasteiger partial charge < -0.3 is 9.84 Å². The van der Waals surface area contributed by atoms with Gasteiger partial charge in [0.2, 0.25) is 0 Å². The van der Waals surface area contributed by atoms with Crippen LogP contribution in [0.2, 0.25) is 0 Å². The number of rotatable bonds is 10. The Labute approximate surface area is 189 Å². The van der Waals surface area contributed by atoms with E-state index in [1.54, 1.807) is 12.1 Å². The summed E-state index contributed by atoms with van der Waals surface area (Å²) in [6, 6.07) is 25.8. The Hall–Kier alpha value is -3.40. The number of carbonyl (C=O) groups excluding carboxylic acids is 1. The van der Waals surface area contributed by atoms with E-state index in [0.29, 0.717) is 0 Å². The van der Waals surface area contributed by atoms with Crippen LogP contribution in [0.3, 0.4) is 0 Å². The first kappa shape index (κ1) is 23.3. The highest BCUT2D eigenvalue weighted by Gasteiger charge is 2.45. The molecule has 32 heavy (non-hydrogen) atoms. The van der Waals surface area contributed by atoms with Gasteiger partial charge in [0.25, 0.3) is 0 Å². The highest BCUT2D eigenvalue weighted by atomic mass is 16.6. The highest BCUT2D eigenvalue weighted by Crippen LogP contribution is 2.45. The van der Waals surface area contributed by atoms with Crippen molar-refractivity contribution in [1.29, 1.82) is 0 Å². The second-order valence-electron chi connectivity index (χ2n) is 7.96. The molecular weight excluding hydrogens is 400 g/mol. The molecule has 0 bridgehead atoms. The van der Waals surface area contributed by atoms with Crippen molar-refractivity contribution in [2.75, 3.05) is 0 Å². The number of unbranched alkanes of at least 4 members (excludes halogenated alkanes) is 1. The molecule has 3 rings (SSSR count). The summed E-state index contributed by atoms with van der Waals surface area (Å²) in [5, 5.41) is 9.61. The van der Waals surface area contributed by atoms with Crippen LogP contribution in [0.15, 0.2) is 84.9 Å². The van der Waals surface area contributed by atoms with Gasteiger partial charge in [0.05, 0.1) is 11.1 Å². The number of aromatic carboxylic acids is 1. The van der Waals surface area contributed by atoms with Gasteiger partial charge in [-0.3, -0.25) is 0 Å². The molecule has 0 heterocycles. The molecule has 0 saturated carbocycles. The zero-order chi connectivity index (χ0) is 23.0. The van der Waals surface area contributed by atoms with E-state index in [1.807, 2.05) is 60.7 Å². The van der Waals surface area contributed by atoms with Crippen molar-refractivity contribution < 1.29 is 19.4 Å². The standard InChI is InChI=1S/C28H30O4/c1-3-5-14-21(4-2)28(22-15-8-6-9-16-22,23-17-10-7-11-18-23)32-27(31)25-20-13-12-19-24(25)26(29)30/h6-13,15-21H,3-5,14H2,1-2H3,(H,29,30). The van der Waals surface area contributed by atoms with Crippen LogP contribution in [0.1, 0.15) is 71.4 Å². The van der Waals surface area contributed by atoms with Crippen LogP contribution in [0, 0.1) is 5.92 Å². The van der Waals surface area contributed by atoms with Crippen molar-refractivity contribution in [3.05, 3.63) is 107 Å². The Kier molecular flexibility index (Phi) is 7.82. The fourth-order valence-corrected chi connectivity index (χ4v) is 4.40. The molecule has 0 fully saturated rings. The topological polar surface area (TPSA) is 63.6 Å². The number of carboxylic acid groups (broad SMARTS) is 1. The summed E-state index contributed by atoms with van der Waals surface area (Å²) in [5.41, 5.74) is 0.733. The molecule has 3 aromatic carbocycles. The molecule has 0 aliphatic carbocycles. The first-order valence-electron chi connectivity index (χ1n) is 11.2. The van der Waals surface area contributed by atoms with Gasteiger partial charge in [0, 0.05) is 17.0 Å². The van der Waals surface area contributed by atoms with E-state index in [9.17, 15) is 14.7 Å². The lowest BCUT2D eigenvalue weighted by Crippen LogP contribution is -2.41. The summed E-state index contributed by atoms with van der Waals surface area (Å²) in [6.07, 6.45) is 3.72. The molecule has 166 valence electrons. The van der Waals surface area contributed by atoms with Crippen molar-refractivity contribution in [3.8, 4) is 0 Å². The lowest BCUT2D eigenvalue weighted by molar-refractivity contribution is -0.0351. The van der Waals surface area contributed by atoms with Crippen LogP contribution in [-0.2, 0) is 10.3 Å². The van der Waals surface area contributed by atoms with Crippen molar-refractivity contribution in [2.24, 2.45) is 5.92 Å². The number of hydrogen-bond donors (Lipinski definition) is 1. The summed E-state index contributed by atoms with van der Waals surface area (Å²) >= 11 is 0. The molecule has 1 N–H and O–H groups in total. The molecule has 0 aromatic heterocycles. The van der Waals surface area contributed by atoms with Gasteiger partial charge in [-0.15, -0.1) is 0 Å². The van der Waals surface area contributed by atoms with Crippen molar-refractivity contribution in [1.82, 2.24) is 0 Å². The summed E-state index contributed by atoms with van der Waals surface area (Å²) in [7, 11) is 0. The van der Waals surface area contributed by atoms with Crippen molar-refractivity contribution >= 4 is 11.9 Å². The van der Waals surface area contributed by atoms with Gasteiger partial charge in [-0.2, -0.15) is 0 Å². The number of carboxylic acids is 1. The van der Waals surface area contributed by atoms with Crippen LogP contribution in [0.5, 0.6) is 0 Å². The van der Waals surface area contributed by atoms with Gasteiger partial charge >= 0.3 is 11.9 Å². The first-order chi connectivity index (χ1) is 15.5. The van der Waals surface area contributed by atoms with Gasteiger partial charge in [0.1, 0.15) is 0 Å². The van der Waals surface area contributed by atoms with E-state index < -0.39 is 17.5 Å². The fourth-order valence-electron chi connectivity index (χ4n) is 4.40. The normalized spacial score (nSPS) is 12.2. The SMILES string of the molecule is CCCCC(CC)C(OC(=O)c1ccccc1C(=O)O)(c1ccccc1)c1ccccc1. The Balaban J connectivity index is 2.21. The number of carbonyl (C=O) groups is 2. The Morgan fingerprint density at radius 3 is 1.78 bits per heavy atom. The zero-order valence-electron chi connectivity index (χ0n) is 18.7. The number of ether oxygens (including phenoxy) is 1. The van der Waals surface area contributed by atoms with Crippen LogP contribution < -0.4 is 0 Å². The third-order valence-corrected chi connectivity index (χ3v) is 6.01. The van der Waals surface area contributed by atoms with Gasteiger partial charge in [-0.25, -0.2) is 9.59 Å². The molecule has 0 radical (unpaired) electrons. The average Bonchev–Trinajstić information content (AvgIpc) is 2.84. The number of benzene rings is 3. The maximum Gasteiger partial charge on any atom is 0.340 e. The largest absolute Gasteiger partial charge is 0.478 e. The van der Waals surface area contributed by atoms with Crippen LogP contribution in [0.4, 0.5) is 0 Å². The minimum absolute atomic E-state index is 0.0215. The molecule has 4 nitrogen and oxygen atoms in total. The van der Waals surface area contributed by atoms with Crippen LogP contribution in [-0.4, -0.2) is 17.0 Å². The van der Waals surface area contributed by atoms with Gasteiger partial charge in [0.15, 0.2) is 5.60 Å². The predicted molar refractivity (Wildman–Crippen MR) is 126 cm³/mol. The predicted octanol–water partition coefficient (Wildman–Crippen LogP) is 6.70. The number of hydrogen-bond acceptors (Lipinski definition) is 3. The highest BCUT2D eigenvalue weighted by molar-refractivity contribution is 6.02. The summed E-state index contributed by atoms with van der Waals surface area (Å²) in [4.78, 5) is 25.3. The monoisotopic (exact) mass is 430 g/mol. The molecule has 1 unspecified atom stereocenters. The maximum atomic E-state index is 13.5. The van der Waals surface area contributed by atoms with Gasteiger partial charge in [-0.1, -0.05) is 99.5 Å². The second kappa shape index (κ2) is 10.8. The Morgan fingerprint density at radius 1 is 0.812 bits per heavy atom. The summed E-state index contributed by atoms with van der Waals surface area (Å²) in [6.45, 7) is 4.26. The molecule has 0 spiro atoms. The third kappa shape index (κ3) is 4.75. The zero-order valence-corrected chi connectivity index (χ0v) is 18.7.